The minimum Gasteiger partial charge on any atom is -0.453 e. The number of hydrogen-bond donors (Lipinski definition) is 0. The zero-order chi connectivity index (χ0) is 41.0. The summed E-state index contributed by atoms with van der Waals surface area (Å²) in [5, 5.41) is 4.37. The lowest BCUT2D eigenvalue weighted by atomic mass is 9.97. The lowest BCUT2D eigenvalue weighted by Gasteiger charge is -2.14. The van der Waals surface area contributed by atoms with Crippen LogP contribution >= 0.6 is 0 Å². The van der Waals surface area contributed by atoms with Crippen LogP contribution in [0.15, 0.2) is 223 Å². The van der Waals surface area contributed by atoms with Crippen molar-refractivity contribution in [3.8, 4) is 73.2 Å². The second-order valence-corrected chi connectivity index (χ2v) is 15.6. The predicted molar refractivity (Wildman–Crippen MR) is 254 cm³/mol. The maximum Gasteiger partial charge on any atom is 0.166 e. The molecule has 3 heterocycles. The van der Waals surface area contributed by atoms with Gasteiger partial charge in [-0.1, -0.05) is 188 Å². The summed E-state index contributed by atoms with van der Waals surface area (Å²) in [6, 6.07) is 76.1. The predicted octanol–water partition coefficient (Wildman–Crippen LogP) is 14.9. The van der Waals surface area contributed by atoms with Crippen molar-refractivity contribution < 1.29 is 4.42 Å². The molecule has 0 saturated carbocycles. The molecular weight excluding hydrogens is 757 g/mol. The fourth-order valence-electron chi connectivity index (χ4n) is 8.92. The van der Waals surface area contributed by atoms with Gasteiger partial charge in [0.25, 0.3) is 0 Å². The lowest BCUT2D eigenvalue weighted by Crippen LogP contribution is -2.03. The maximum atomic E-state index is 7.17. The number of benzene rings is 9. The molecule has 0 fully saturated rings. The summed E-state index contributed by atoms with van der Waals surface area (Å²) in [5.41, 5.74) is 14.2. The molecule has 0 saturated heterocycles. The smallest absolute Gasteiger partial charge is 0.166 e. The normalized spacial score (nSPS) is 11.5. The average Bonchev–Trinajstić information content (AvgIpc) is 3.91. The Balaban J connectivity index is 1.07. The van der Waals surface area contributed by atoms with Crippen LogP contribution in [0.1, 0.15) is 0 Å². The van der Waals surface area contributed by atoms with Crippen molar-refractivity contribution in [1.82, 2.24) is 19.5 Å². The Morgan fingerprint density at radius 3 is 1.55 bits per heavy atom. The highest BCUT2D eigenvalue weighted by atomic mass is 16.3. The molecule has 0 atom stereocenters. The van der Waals surface area contributed by atoms with E-state index in [-0.39, 0.29) is 0 Å². The second-order valence-electron chi connectivity index (χ2n) is 15.6. The number of para-hydroxylation sites is 3. The molecule has 0 aliphatic carbocycles. The first-order valence-electron chi connectivity index (χ1n) is 20.9. The van der Waals surface area contributed by atoms with Crippen molar-refractivity contribution >= 4 is 43.7 Å². The first-order valence-corrected chi connectivity index (χ1v) is 20.9. The number of aromatic nitrogens is 4. The minimum atomic E-state index is 0.583. The van der Waals surface area contributed by atoms with Gasteiger partial charge in [-0.05, 0) is 58.1 Å². The van der Waals surface area contributed by atoms with Gasteiger partial charge in [-0.2, -0.15) is 0 Å². The Morgan fingerprint density at radius 1 is 0.306 bits per heavy atom. The van der Waals surface area contributed by atoms with Gasteiger partial charge in [0.2, 0.25) is 0 Å². The topological polar surface area (TPSA) is 56.7 Å². The van der Waals surface area contributed by atoms with Crippen LogP contribution in [-0.4, -0.2) is 19.5 Å². The van der Waals surface area contributed by atoms with Gasteiger partial charge >= 0.3 is 0 Å². The third kappa shape index (κ3) is 5.98. The highest BCUT2D eigenvalue weighted by molar-refractivity contribution is 6.22. The molecule has 62 heavy (non-hydrogen) atoms. The summed E-state index contributed by atoms with van der Waals surface area (Å²) >= 11 is 0. The van der Waals surface area contributed by atoms with Crippen molar-refractivity contribution in [3.63, 3.8) is 0 Å². The van der Waals surface area contributed by atoms with E-state index in [1.807, 2.05) is 36.4 Å². The van der Waals surface area contributed by atoms with Gasteiger partial charge in [0.05, 0.1) is 16.7 Å². The quantitative estimate of drug-likeness (QED) is 0.161. The van der Waals surface area contributed by atoms with Crippen LogP contribution in [0.2, 0.25) is 0 Å². The summed E-state index contributed by atoms with van der Waals surface area (Å²) in [6.45, 7) is 0. The first kappa shape index (κ1) is 35.5. The Hall–Kier alpha value is -8.41. The standard InChI is InChI=1S/C57H36N4O/c1-4-16-37(17-5-1)39-30-32-41(33-31-39)56-58-55(40-20-8-3-9-21-40)59-57(60-56)49-25-11-13-29-51(49)61-50-28-12-10-24-45(50)46-34-35-48-47-27-15-26-44(53(47)62-54(48)52(46)61)43-23-14-22-42(36-43)38-18-6-2-7-19-38/h1-36H. The molecule has 0 spiro atoms. The summed E-state index contributed by atoms with van der Waals surface area (Å²) in [5.74, 6) is 1.80. The van der Waals surface area contributed by atoms with Crippen LogP contribution in [0, 0.1) is 0 Å². The molecule has 12 rings (SSSR count). The summed E-state index contributed by atoms with van der Waals surface area (Å²) < 4.78 is 9.50. The zero-order valence-electron chi connectivity index (χ0n) is 33.5. The number of rotatable bonds is 7. The molecular formula is C57H36N4O. The van der Waals surface area contributed by atoms with E-state index in [1.54, 1.807) is 0 Å². The number of hydrogen-bond acceptors (Lipinski definition) is 4. The molecule has 0 N–H and O–H groups in total. The fraction of sp³-hybridized carbons (Fsp3) is 0. The van der Waals surface area contributed by atoms with Crippen molar-refractivity contribution in [3.05, 3.63) is 218 Å². The molecule has 0 amide bonds. The zero-order valence-corrected chi connectivity index (χ0v) is 33.5. The van der Waals surface area contributed by atoms with Crippen LogP contribution in [-0.2, 0) is 0 Å². The molecule has 0 bridgehead atoms. The van der Waals surface area contributed by atoms with Gasteiger partial charge in [-0.25, -0.2) is 15.0 Å². The van der Waals surface area contributed by atoms with Crippen LogP contribution in [0.4, 0.5) is 0 Å². The van der Waals surface area contributed by atoms with Crippen molar-refractivity contribution in [2.45, 2.75) is 0 Å². The molecule has 9 aromatic carbocycles. The maximum absolute atomic E-state index is 7.17. The fourth-order valence-corrected chi connectivity index (χ4v) is 8.92. The van der Waals surface area contributed by atoms with Gasteiger partial charge in [0, 0.05) is 43.8 Å². The number of furan rings is 1. The van der Waals surface area contributed by atoms with Gasteiger partial charge in [-0.3, -0.25) is 0 Å². The third-order valence-electron chi connectivity index (χ3n) is 11.9. The molecule has 0 unspecified atom stereocenters. The van der Waals surface area contributed by atoms with Crippen LogP contribution in [0.3, 0.4) is 0 Å². The molecule has 290 valence electrons. The Morgan fingerprint density at radius 2 is 0.790 bits per heavy atom. The number of nitrogens with zero attached hydrogens (tertiary/aromatic N) is 4. The monoisotopic (exact) mass is 792 g/mol. The molecule has 0 aliphatic heterocycles. The average molecular weight is 793 g/mol. The van der Waals surface area contributed by atoms with E-state index in [9.17, 15) is 0 Å². The van der Waals surface area contributed by atoms with Crippen molar-refractivity contribution in [2.24, 2.45) is 0 Å². The highest BCUT2D eigenvalue weighted by Gasteiger charge is 2.23. The van der Waals surface area contributed by atoms with E-state index >= 15 is 0 Å². The number of fused-ring (bicyclic) bond motifs is 7. The Kier molecular flexibility index (Phi) is 8.42. The Labute approximate surface area is 357 Å². The van der Waals surface area contributed by atoms with Crippen LogP contribution in [0.5, 0.6) is 0 Å². The molecule has 5 heteroatoms. The van der Waals surface area contributed by atoms with Crippen molar-refractivity contribution in [1.29, 1.82) is 0 Å². The minimum absolute atomic E-state index is 0.583. The Bertz CT molecular complexity index is 3610. The van der Waals surface area contributed by atoms with E-state index in [0.717, 1.165) is 93.9 Å². The SMILES string of the molecule is c1ccc(-c2ccc(-c3nc(-c4ccccc4)nc(-c4ccccc4-n4c5ccccc5c5ccc6c7cccc(-c8cccc(-c9ccccc9)c8)c7oc6c54)n3)cc2)cc1. The lowest BCUT2D eigenvalue weighted by molar-refractivity contribution is 0.672. The second kappa shape index (κ2) is 14.7. The van der Waals surface area contributed by atoms with E-state index in [0.29, 0.717) is 17.5 Å². The largest absolute Gasteiger partial charge is 0.453 e. The van der Waals surface area contributed by atoms with E-state index in [4.69, 9.17) is 19.4 Å². The summed E-state index contributed by atoms with van der Waals surface area (Å²) in [6.07, 6.45) is 0. The molecule has 3 aromatic heterocycles. The van der Waals surface area contributed by atoms with Crippen LogP contribution in [0.25, 0.3) is 117 Å². The molecule has 12 aromatic rings. The summed E-state index contributed by atoms with van der Waals surface area (Å²) in [4.78, 5) is 15.5. The van der Waals surface area contributed by atoms with Gasteiger partial charge < -0.3 is 8.98 Å². The third-order valence-corrected chi connectivity index (χ3v) is 11.9. The van der Waals surface area contributed by atoms with Gasteiger partial charge in [-0.15, -0.1) is 0 Å². The van der Waals surface area contributed by atoms with Crippen LogP contribution < -0.4 is 0 Å². The molecule has 5 nitrogen and oxygen atoms in total. The van der Waals surface area contributed by atoms with Gasteiger partial charge in [0.1, 0.15) is 5.58 Å². The van der Waals surface area contributed by atoms with E-state index in [2.05, 4.69) is 187 Å². The molecule has 0 radical (unpaired) electrons. The summed E-state index contributed by atoms with van der Waals surface area (Å²) in [7, 11) is 0. The van der Waals surface area contributed by atoms with Crippen molar-refractivity contribution in [2.75, 3.05) is 0 Å². The van der Waals surface area contributed by atoms with E-state index in [1.165, 1.54) is 5.56 Å². The van der Waals surface area contributed by atoms with Gasteiger partial charge in [0.15, 0.2) is 23.1 Å². The molecule has 0 aliphatic rings. The highest BCUT2D eigenvalue weighted by Crippen LogP contribution is 2.44. The first-order chi connectivity index (χ1) is 30.7. The van der Waals surface area contributed by atoms with E-state index < -0.39 is 0 Å².